The molecule has 0 saturated heterocycles. The van der Waals surface area contributed by atoms with Crippen LogP contribution in [0.25, 0.3) is 0 Å². The average Bonchev–Trinajstić information content (AvgIpc) is 2.30. The summed E-state index contributed by atoms with van der Waals surface area (Å²) in [4.78, 5) is 14.0. The third-order valence-electron chi connectivity index (χ3n) is 3.13. The lowest BCUT2D eigenvalue weighted by Gasteiger charge is -2.32. The molecule has 0 aromatic heterocycles. The number of hydrogen-bond acceptors (Lipinski definition) is 3. The van der Waals surface area contributed by atoms with Crippen LogP contribution in [0.3, 0.4) is 0 Å². The predicted octanol–water partition coefficient (Wildman–Crippen LogP) is 0.981. The second kappa shape index (κ2) is 8.53. The van der Waals surface area contributed by atoms with Crippen LogP contribution in [-0.4, -0.2) is 41.7 Å². The highest BCUT2D eigenvalue weighted by Gasteiger charge is 2.25. The van der Waals surface area contributed by atoms with E-state index in [4.69, 9.17) is 10.8 Å². The molecule has 0 fully saturated rings. The Hall–Kier alpha value is -0.610. The number of carbonyl (C=O) groups is 1. The average molecular weight is 230 g/mol. The summed E-state index contributed by atoms with van der Waals surface area (Å²) >= 11 is 0. The van der Waals surface area contributed by atoms with Gasteiger partial charge < -0.3 is 15.7 Å². The predicted molar refractivity (Wildman–Crippen MR) is 66.0 cm³/mol. The smallest absolute Gasteiger partial charge is 0.227 e. The molecule has 4 nitrogen and oxygen atoms in total. The molecule has 0 bridgehead atoms. The minimum Gasteiger partial charge on any atom is -0.395 e. The molecule has 1 amide bonds. The van der Waals surface area contributed by atoms with Crippen LogP contribution >= 0.6 is 0 Å². The van der Waals surface area contributed by atoms with Crippen molar-refractivity contribution < 1.29 is 9.90 Å². The van der Waals surface area contributed by atoms with Gasteiger partial charge in [0, 0.05) is 19.1 Å². The van der Waals surface area contributed by atoms with Gasteiger partial charge in [0.2, 0.25) is 5.91 Å². The zero-order chi connectivity index (χ0) is 12.6. The first kappa shape index (κ1) is 15.4. The molecule has 0 rings (SSSR count). The fourth-order valence-corrected chi connectivity index (χ4v) is 1.99. The molecule has 0 aliphatic rings. The maximum Gasteiger partial charge on any atom is 0.227 e. The van der Waals surface area contributed by atoms with Crippen LogP contribution in [0.4, 0.5) is 0 Å². The highest BCUT2D eigenvalue weighted by Crippen LogP contribution is 2.14. The van der Waals surface area contributed by atoms with E-state index in [1.54, 1.807) is 4.90 Å². The minimum absolute atomic E-state index is 0.0171. The SMILES string of the molecule is CCC(CN)C(=O)N(CCO)C(CC)CC. The number of amides is 1. The Labute approximate surface area is 98.8 Å². The highest BCUT2D eigenvalue weighted by molar-refractivity contribution is 5.79. The van der Waals surface area contributed by atoms with E-state index in [2.05, 4.69) is 13.8 Å². The fourth-order valence-electron chi connectivity index (χ4n) is 1.99. The summed E-state index contributed by atoms with van der Waals surface area (Å²) in [5, 5.41) is 9.03. The van der Waals surface area contributed by atoms with Crippen LogP contribution in [0.2, 0.25) is 0 Å². The topological polar surface area (TPSA) is 66.6 Å². The number of hydrogen-bond donors (Lipinski definition) is 2. The third-order valence-corrected chi connectivity index (χ3v) is 3.13. The number of nitrogens with two attached hydrogens (primary N) is 1. The van der Waals surface area contributed by atoms with Gasteiger partial charge in [0.1, 0.15) is 0 Å². The van der Waals surface area contributed by atoms with E-state index in [0.29, 0.717) is 13.1 Å². The van der Waals surface area contributed by atoms with Crippen LogP contribution in [0.5, 0.6) is 0 Å². The molecule has 0 aliphatic carbocycles. The molecule has 0 aromatic carbocycles. The van der Waals surface area contributed by atoms with E-state index in [1.165, 1.54) is 0 Å². The summed E-state index contributed by atoms with van der Waals surface area (Å²) in [6, 6.07) is 0.222. The van der Waals surface area contributed by atoms with Crippen molar-refractivity contribution in [3.63, 3.8) is 0 Å². The maximum atomic E-state index is 12.2. The lowest BCUT2D eigenvalue weighted by Crippen LogP contribution is -2.46. The third kappa shape index (κ3) is 4.10. The van der Waals surface area contributed by atoms with Crippen molar-refractivity contribution in [1.29, 1.82) is 0 Å². The normalized spacial score (nSPS) is 12.9. The fraction of sp³-hybridized carbons (Fsp3) is 0.917. The largest absolute Gasteiger partial charge is 0.395 e. The molecule has 1 atom stereocenters. The summed E-state index contributed by atoms with van der Waals surface area (Å²) in [5.74, 6) is -0.0140. The lowest BCUT2D eigenvalue weighted by molar-refractivity contribution is -0.138. The van der Waals surface area contributed by atoms with E-state index in [9.17, 15) is 4.79 Å². The van der Waals surface area contributed by atoms with Gasteiger partial charge in [-0.15, -0.1) is 0 Å². The van der Waals surface area contributed by atoms with Crippen LogP contribution in [0.15, 0.2) is 0 Å². The molecule has 96 valence electrons. The number of nitrogens with zero attached hydrogens (tertiary/aromatic N) is 1. The molecule has 4 heteroatoms. The molecule has 3 N–H and O–H groups in total. The molecule has 0 spiro atoms. The van der Waals surface area contributed by atoms with Crippen molar-refractivity contribution in [1.82, 2.24) is 4.90 Å². The first-order valence-corrected chi connectivity index (χ1v) is 6.27. The van der Waals surface area contributed by atoms with E-state index in [-0.39, 0.29) is 24.5 Å². The van der Waals surface area contributed by atoms with Crippen LogP contribution in [0.1, 0.15) is 40.0 Å². The van der Waals surface area contributed by atoms with Gasteiger partial charge >= 0.3 is 0 Å². The first-order chi connectivity index (χ1) is 7.65. The van der Waals surface area contributed by atoms with Crippen LogP contribution in [-0.2, 0) is 4.79 Å². The standard InChI is InChI=1S/C12H26N2O2/c1-4-10(9-13)12(16)14(7-8-15)11(5-2)6-3/h10-11,15H,4-9,13H2,1-3H3. The lowest BCUT2D eigenvalue weighted by atomic mass is 10.0. The van der Waals surface area contributed by atoms with Gasteiger partial charge in [-0.25, -0.2) is 0 Å². The zero-order valence-corrected chi connectivity index (χ0v) is 10.8. The van der Waals surface area contributed by atoms with Crippen molar-refractivity contribution in [2.75, 3.05) is 19.7 Å². The van der Waals surface area contributed by atoms with Gasteiger partial charge in [-0.1, -0.05) is 20.8 Å². The van der Waals surface area contributed by atoms with Gasteiger partial charge in [-0.3, -0.25) is 4.79 Å². The molecule has 0 aliphatic heterocycles. The summed E-state index contributed by atoms with van der Waals surface area (Å²) < 4.78 is 0. The van der Waals surface area contributed by atoms with Crippen LogP contribution in [0, 0.1) is 5.92 Å². The summed E-state index contributed by atoms with van der Waals surface area (Å²) in [6.45, 7) is 6.92. The number of aliphatic hydroxyl groups is 1. The number of rotatable bonds is 8. The number of carbonyl (C=O) groups excluding carboxylic acids is 1. The van der Waals surface area contributed by atoms with E-state index < -0.39 is 0 Å². The summed E-state index contributed by atoms with van der Waals surface area (Å²) in [7, 11) is 0. The molecule has 0 heterocycles. The Kier molecular flexibility index (Phi) is 8.21. The monoisotopic (exact) mass is 230 g/mol. The summed E-state index contributed by atoms with van der Waals surface area (Å²) in [6.07, 6.45) is 2.60. The highest BCUT2D eigenvalue weighted by atomic mass is 16.3. The first-order valence-electron chi connectivity index (χ1n) is 6.27. The Morgan fingerprint density at radius 3 is 2.12 bits per heavy atom. The van der Waals surface area contributed by atoms with Crippen molar-refractivity contribution in [2.24, 2.45) is 11.7 Å². The Morgan fingerprint density at radius 1 is 1.25 bits per heavy atom. The van der Waals surface area contributed by atoms with Gasteiger partial charge in [0.15, 0.2) is 0 Å². The molecule has 0 saturated carbocycles. The quantitative estimate of drug-likeness (QED) is 0.653. The molecular formula is C12H26N2O2. The van der Waals surface area contributed by atoms with Crippen molar-refractivity contribution in [3.8, 4) is 0 Å². The Bertz CT molecular complexity index is 189. The van der Waals surface area contributed by atoms with Crippen molar-refractivity contribution in [2.45, 2.75) is 46.1 Å². The minimum atomic E-state index is -0.104. The van der Waals surface area contributed by atoms with E-state index >= 15 is 0 Å². The molecular weight excluding hydrogens is 204 g/mol. The Balaban J connectivity index is 4.67. The molecule has 16 heavy (non-hydrogen) atoms. The maximum absolute atomic E-state index is 12.2. The van der Waals surface area contributed by atoms with E-state index in [1.807, 2.05) is 6.92 Å². The van der Waals surface area contributed by atoms with Crippen molar-refractivity contribution >= 4 is 5.91 Å². The van der Waals surface area contributed by atoms with E-state index in [0.717, 1.165) is 19.3 Å². The van der Waals surface area contributed by atoms with Gasteiger partial charge in [-0.05, 0) is 19.3 Å². The number of aliphatic hydroxyl groups excluding tert-OH is 1. The van der Waals surface area contributed by atoms with Gasteiger partial charge in [0.25, 0.3) is 0 Å². The van der Waals surface area contributed by atoms with Crippen LogP contribution < -0.4 is 5.73 Å². The molecule has 1 unspecified atom stereocenters. The summed E-state index contributed by atoms with van der Waals surface area (Å²) in [5.41, 5.74) is 5.59. The Morgan fingerprint density at radius 2 is 1.81 bits per heavy atom. The second-order valence-electron chi connectivity index (χ2n) is 4.07. The molecule has 0 aromatic rings. The van der Waals surface area contributed by atoms with Crippen molar-refractivity contribution in [3.05, 3.63) is 0 Å². The van der Waals surface area contributed by atoms with Gasteiger partial charge in [0.05, 0.1) is 12.5 Å². The van der Waals surface area contributed by atoms with Gasteiger partial charge in [-0.2, -0.15) is 0 Å². The zero-order valence-electron chi connectivity index (χ0n) is 10.8. The second-order valence-corrected chi connectivity index (χ2v) is 4.07. The molecule has 0 radical (unpaired) electrons.